The lowest BCUT2D eigenvalue weighted by Gasteiger charge is -2.43. The normalized spacial score (nSPS) is 18.6. The Balaban J connectivity index is 1.33. The molecule has 0 aromatic heterocycles. The zero-order valence-electron chi connectivity index (χ0n) is 25.7. The highest BCUT2D eigenvalue weighted by molar-refractivity contribution is 8.38. The lowest BCUT2D eigenvalue weighted by molar-refractivity contribution is -0.122. The van der Waals surface area contributed by atoms with Crippen molar-refractivity contribution >= 4 is 27.7 Å². The van der Waals surface area contributed by atoms with E-state index < -0.39 is 34.0 Å². The number of aliphatic hydroxyl groups excluding tert-OH is 1. The van der Waals surface area contributed by atoms with Crippen molar-refractivity contribution < 1.29 is 23.5 Å². The maximum atomic E-state index is 14.1. The van der Waals surface area contributed by atoms with Gasteiger partial charge in [0.15, 0.2) is 0 Å². The summed E-state index contributed by atoms with van der Waals surface area (Å²) in [7, 11) is -2.09. The van der Waals surface area contributed by atoms with Crippen LogP contribution in [0.5, 0.6) is 0 Å². The quantitative estimate of drug-likeness (QED) is 0.148. The number of anilines is 1. The van der Waals surface area contributed by atoms with Crippen LogP contribution in [0.25, 0.3) is 0 Å². The molecule has 0 fully saturated rings. The predicted octanol–water partition coefficient (Wildman–Crippen LogP) is 6.43. The molecule has 0 saturated heterocycles. The van der Waals surface area contributed by atoms with Crippen molar-refractivity contribution in [3.8, 4) is 0 Å². The summed E-state index contributed by atoms with van der Waals surface area (Å²) in [6, 6.07) is 29.6. The molecule has 0 saturated carbocycles. The molecule has 1 heterocycles. The average molecular weight is 644 g/mol. The number of aryl methyl sites for hydroxylation is 1. The van der Waals surface area contributed by atoms with Crippen LogP contribution in [-0.2, 0) is 29.0 Å². The van der Waals surface area contributed by atoms with Gasteiger partial charge in [-0.05, 0) is 71.3 Å². The van der Waals surface area contributed by atoms with E-state index in [2.05, 4.69) is 29.7 Å². The largest absolute Gasteiger partial charge is 0.390 e. The van der Waals surface area contributed by atoms with E-state index in [1.807, 2.05) is 78.2 Å². The molecular formula is C37H39F2N3O3S. The van der Waals surface area contributed by atoms with Crippen molar-refractivity contribution in [2.45, 2.75) is 49.8 Å². The standard InChI is InChI=1S/C37H39F2N3O3S/c1-2-27-10-9-11-28(20-27)25-40-26-35(43)34(23-29-21-30(38)24-31(39)22-29)41-36(44)16-18-46(33-14-7-4-8-15-33)19-17-37(45)42(46)32-12-5-3-6-13-32/h3-15,17,19-22,24,34-35,40,43H,2,16,18,23,25-26H2,1H3,(H,41,44)/t34-,35-/m0/s1. The average Bonchev–Trinajstić information content (AvgIpc) is 3.40. The molecular weight excluding hydrogens is 604 g/mol. The van der Waals surface area contributed by atoms with Gasteiger partial charge in [0, 0.05) is 42.3 Å². The summed E-state index contributed by atoms with van der Waals surface area (Å²) in [6.45, 7) is 2.75. The molecule has 0 aliphatic carbocycles. The van der Waals surface area contributed by atoms with Crippen molar-refractivity contribution in [2.24, 2.45) is 0 Å². The lowest BCUT2D eigenvalue weighted by atomic mass is 10.00. The maximum absolute atomic E-state index is 14.1. The highest BCUT2D eigenvalue weighted by Gasteiger charge is 2.39. The number of rotatable bonds is 14. The van der Waals surface area contributed by atoms with E-state index in [-0.39, 0.29) is 31.2 Å². The van der Waals surface area contributed by atoms with Crippen LogP contribution >= 0.6 is 10.2 Å². The van der Waals surface area contributed by atoms with Crippen LogP contribution in [0.3, 0.4) is 0 Å². The first kappa shape index (κ1) is 33.1. The third-order valence-corrected chi connectivity index (χ3v) is 11.6. The molecule has 1 aliphatic rings. The summed E-state index contributed by atoms with van der Waals surface area (Å²) >= 11 is 0. The van der Waals surface area contributed by atoms with Gasteiger partial charge in [-0.15, -0.1) is 10.2 Å². The SMILES string of the molecule is CCc1cccc(CNC[C@H](O)[C@H](Cc2cc(F)cc(F)c2)NC(=O)CCS2(c3ccccc3)C=CC(=O)N2c2ccccc2)c1. The van der Waals surface area contributed by atoms with Gasteiger partial charge in [0.05, 0.1) is 17.8 Å². The Morgan fingerprint density at radius 3 is 2.24 bits per heavy atom. The van der Waals surface area contributed by atoms with Crippen molar-refractivity contribution in [3.05, 3.63) is 143 Å². The second-order valence-corrected chi connectivity index (χ2v) is 14.3. The molecule has 240 valence electrons. The fourth-order valence-electron chi connectivity index (χ4n) is 5.72. The summed E-state index contributed by atoms with van der Waals surface area (Å²) in [4.78, 5) is 27.8. The topological polar surface area (TPSA) is 81.7 Å². The Morgan fingerprint density at radius 1 is 0.870 bits per heavy atom. The van der Waals surface area contributed by atoms with Gasteiger partial charge < -0.3 is 15.7 Å². The molecule has 5 rings (SSSR count). The number of amides is 2. The van der Waals surface area contributed by atoms with Gasteiger partial charge in [0.25, 0.3) is 5.91 Å². The van der Waals surface area contributed by atoms with Crippen LogP contribution in [0.1, 0.15) is 30.0 Å². The monoisotopic (exact) mass is 643 g/mol. The summed E-state index contributed by atoms with van der Waals surface area (Å²) < 4.78 is 29.9. The maximum Gasteiger partial charge on any atom is 0.260 e. The van der Waals surface area contributed by atoms with E-state index in [1.165, 1.54) is 17.7 Å². The smallest absolute Gasteiger partial charge is 0.260 e. The highest BCUT2D eigenvalue weighted by atomic mass is 32.3. The van der Waals surface area contributed by atoms with Gasteiger partial charge in [-0.25, -0.2) is 8.78 Å². The Hall–Kier alpha value is -4.31. The van der Waals surface area contributed by atoms with Crippen molar-refractivity contribution in [3.63, 3.8) is 0 Å². The second-order valence-electron chi connectivity index (χ2n) is 11.3. The predicted molar refractivity (Wildman–Crippen MR) is 180 cm³/mol. The number of benzene rings is 4. The van der Waals surface area contributed by atoms with E-state index in [0.29, 0.717) is 17.9 Å². The van der Waals surface area contributed by atoms with E-state index in [4.69, 9.17) is 0 Å². The third kappa shape index (κ3) is 8.09. The molecule has 1 unspecified atom stereocenters. The van der Waals surface area contributed by atoms with Crippen LogP contribution in [0, 0.1) is 11.6 Å². The van der Waals surface area contributed by atoms with Gasteiger partial charge in [-0.2, -0.15) is 0 Å². The molecule has 46 heavy (non-hydrogen) atoms. The number of nitrogens with zero attached hydrogens (tertiary/aromatic N) is 1. The first-order valence-corrected chi connectivity index (χ1v) is 17.2. The van der Waals surface area contributed by atoms with Crippen LogP contribution < -0.4 is 14.9 Å². The Bertz CT molecular complexity index is 1650. The number of carbonyl (C=O) groups excluding carboxylic acids is 2. The molecule has 3 N–H and O–H groups in total. The fraction of sp³-hybridized carbons (Fsp3) is 0.243. The summed E-state index contributed by atoms with van der Waals surface area (Å²) in [6.07, 6.45) is 1.52. The number of hydrogen-bond acceptors (Lipinski definition) is 4. The minimum atomic E-state index is -2.09. The Labute approximate surface area is 270 Å². The number of halogens is 2. The number of aliphatic hydroxyl groups is 1. The van der Waals surface area contributed by atoms with Crippen LogP contribution in [0.15, 0.2) is 120 Å². The van der Waals surface area contributed by atoms with Gasteiger partial charge in [-0.1, -0.05) is 67.6 Å². The first-order valence-electron chi connectivity index (χ1n) is 15.4. The molecule has 0 radical (unpaired) electrons. The minimum Gasteiger partial charge on any atom is -0.390 e. The number of nitrogens with one attached hydrogen (secondary N) is 2. The van der Waals surface area contributed by atoms with E-state index in [0.717, 1.165) is 28.6 Å². The highest BCUT2D eigenvalue weighted by Crippen LogP contribution is 2.64. The Kier molecular flexibility index (Phi) is 11.0. The zero-order valence-corrected chi connectivity index (χ0v) is 26.6. The molecule has 6 nitrogen and oxygen atoms in total. The number of carbonyl (C=O) groups is 2. The Morgan fingerprint density at radius 2 is 1.54 bits per heavy atom. The second kappa shape index (κ2) is 15.3. The van der Waals surface area contributed by atoms with E-state index in [1.54, 1.807) is 10.4 Å². The van der Waals surface area contributed by atoms with E-state index >= 15 is 0 Å². The summed E-state index contributed by atoms with van der Waals surface area (Å²) in [5.41, 5.74) is 3.34. The minimum absolute atomic E-state index is 0.0276. The molecule has 2 amide bonds. The van der Waals surface area contributed by atoms with Crippen LogP contribution in [0.2, 0.25) is 0 Å². The van der Waals surface area contributed by atoms with Crippen molar-refractivity contribution in [1.29, 1.82) is 0 Å². The number of hydrogen-bond donors (Lipinski definition) is 3. The van der Waals surface area contributed by atoms with Gasteiger partial charge in [0.1, 0.15) is 11.6 Å². The number of para-hydroxylation sites is 1. The first-order chi connectivity index (χ1) is 22.3. The van der Waals surface area contributed by atoms with Crippen LogP contribution in [-0.4, -0.2) is 41.4 Å². The fourth-order valence-corrected chi connectivity index (χ4v) is 9.11. The van der Waals surface area contributed by atoms with E-state index in [9.17, 15) is 23.5 Å². The van der Waals surface area contributed by atoms with Crippen molar-refractivity contribution in [1.82, 2.24) is 10.6 Å². The molecule has 4 aromatic rings. The van der Waals surface area contributed by atoms with Gasteiger partial charge in [0.2, 0.25) is 5.91 Å². The van der Waals surface area contributed by atoms with Gasteiger partial charge >= 0.3 is 0 Å². The molecule has 3 atom stereocenters. The lowest BCUT2D eigenvalue weighted by Crippen LogP contribution is -2.49. The van der Waals surface area contributed by atoms with Crippen LogP contribution in [0.4, 0.5) is 14.5 Å². The molecule has 9 heteroatoms. The van der Waals surface area contributed by atoms with Crippen molar-refractivity contribution in [2.75, 3.05) is 16.6 Å². The third-order valence-electron chi connectivity index (χ3n) is 8.02. The summed E-state index contributed by atoms with van der Waals surface area (Å²) in [5.74, 6) is -1.59. The van der Waals surface area contributed by atoms with Gasteiger partial charge in [-0.3, -0.25) is 13.9 Å². The summed E-state index contributed by atoms with van der Waals surface area (Å²) in [5, 5.41) is 19.4. The molecule has 4 aromatic carbocycles. The molecule has 0 spiro atoms. The molecule has 0 bridgehead atoms. The molecule has 1 aliphatic heterocycles. The zero-order chi connectivity index (χ0) is 32.5.